The molecule has 0 saturated carbocycles. The van der Waals surface area contributed by atoms with E-state index in [9.17, 15) is 8.42 Å². The van der Waals surface area contributed by atoms with Crippen molar-refractivity contribution in [3.05, 3.63) is 28.3 Å². The molecule has 1 aliphatic heterocycles. The number of hydrogen-bond donors (Lipinski definition) is 1. The first-order chi connectivity index (χ1) is 9.86. The molecule has 1 heterocycles. The highest BCUT2D eigenvalue weighted by molar-refractivity contribution is 7.89. The summed E-state index contributed by atoms with van der Waals surface area (Å²) in [7, 11) is -1.62. The molecule has 1 N–H and O–H groups in total. The first-order valence-corrected chi connectivity index (χ1v) is 9.12. The molecule has 1 aliphatic rings. The second-order valence-corrected chi connectivity index (χ2v) is 8.15. The number of benzene rings is 1. The van der Waals surface area contributed by atoms with E-state index in [2.05, 4.69) is 12.2 Å². The van der Waals surface area contributed by atoms with Gasteiger partial charge in [0.15, 0.2) is 0 Å². The maximum Gasteiger partial charge on any atom is 0.243 e. The highest BCUT2D eigenvalue weighted by atomic mass is 35.5. The van der Waals surface area contributed by atoms with E-state index in [0.717, 1.165) is 24.0 Å². The molecular formula is C15H23ClN2O2S. The average molecular weight is 331 g/mol. The van der Waals surface area contributed by atoms with Crippen LogP contribution in [0.1, 0.15) is 30.9 Å². The Morgan fingerprint density at radius 1 is 1.33 bits per heavy atom. The Morgan fingerprint density at radius 2 is 1.95 bits per heavy atom. The maximum absolute atomic E-state index is 12.9. The van der Waals surface area contributed by atoms with Gasteiger partial charge in [-0.2, -0.15) is 4.31 Å². The van der Waals surface area contributed by atoms with E-state index in [0.29, 0.717) is 35.5 Å². The van der Waals surface area contributed by atoms with E-state index in [-0.39, 0.29) is 0 Å². The van der Waals surface area contributed by atoms with Gasteiger partial charge in [-0.05, 0) is 56.0 Å². The molecule has 0 radical (unpaired) electrons. The fourth-order valence-corrected chi connectivity index (χ4v) is 4.78. The Morgan fingerprint density at radius 3 is 2.52 bits per heavy atom. The van der Waals surface area contributed by atoms with Crippen LogP contribution in [0.25, 0.3) is 0 Å². The molecule has 1 aromatic rings. The third-order valence-electron chi connectivity index (χ3n) is 4.16. The number of sulfonamides is 1. The van der Waals surface area contributed by atoms with Gasteiger partial charge < -0.3 is 5.32 Å². The van der Waals surface area contributed by atoms with Crippen molar-refractivity contribution in [2.24, 2.45) is 5.92 Å². The van der Waals surface area contributed by atoms with E-state index in [4.69, 9.17) is 11.6 Å². The molecular weight excluding hydrogens is 308 g/mol. The van der Waals surface area contributed by atoms with Crippen molar-refractivity contribution >= 4 is 21.6 Å². The monoisotopic (exact) mass is 330 g/mol. The summed E-state index contributed by atoms with van der Waals surface area (Å²) in [6.07, 6.45) is 1.84. The van der Waals surface area contributed by atoms with Gasteiger partial charge in [-0.25, -0.2) is 8.42 Å². The summed E-state index contributed by atoms with van der Waals surface area (Å²) in [6.45, 7) is 5.81. The molecule has 2 rings (SSSR count). The van der Waals surface area contributed by atoms with Gasteiger partial charge in [0.2, 0.25) is 10.0 Å². The SMILES string of the molecule is CNCc1cc(Cl)cc(S(=O)(=O)N2CCC(C)CC2)c1C. The third-order valence-corrected chi connectivity index (χ3v) is 6.40. The van der Waals surface area contributed by atoms with Gasteiger partial charge >= 0.3 is 0 Å². The summed E-state index contributed by atoms with van der Waals surface area (Å²) < 4.78 is 27.3. The van der Waals surface area contributed by atoms with Crippen LogP contribution in [0.5, 0.6) is 0 Å². The number of rotatable bonds is 4. The lowest BCUT2D eigenvalue weighted by Crippen LogP contribution is -2.38. The molecule has 6 heteroatoms. The predicted octanol–water partition coefficient (Wildman–Crippen LogP) is 2.79. The molecule has 0 aliphatic carbocycles. The van der Waals surface area contributed by atoms with E-state index in [1.54, 1.807) is 10.4 Å². The highest BCUT2D eigenvalue weighted by Gasteiger charge is 2.30. The van der Waals surface area contributed by atoms with Crippen molar-refractivity contribution in [1.82, 2.24) is 9.62 Å². The quantitative estimate of drug-likeness (QED) is 0.923. The Bertz CT molecular complexity index is 608. The van der Waals surface area contributed by atoms with Crippen LogP contribution in [-0.4, -0.2) is 32.9 Å². The molecule has 0 unspecified atom stereocenters. The van der Waals surface area contributed by atoms with Crippen LogP contribution in [0, 0.1) is 12.8 Å². The third kappa shape index (κ3) is 3.59. The Kier molecular flexibility index (Phi) is 5.30. The van der Waals surface area contributed by atoms with Crippen LogP contribution in [0.4, 0.5) is 0 Å². The van der Waals surface area contributed by atoms with Gasteiger partial charge in [-0.3, -0.25) is 0 Å². The van der Waals surface area contributed by atoms with Crippen LogP contribution in [0.3, 0.4) is 0 Å². The number of halogens is 1. The zero-order valence-electron chi connectivity index (χ0n) is 12.8. The van der Waals surface area contributed by atoms with Gasteiger partial charge in [0.1, 0.15) is 0 Å². The number of piperidine rings is 1. The topological polar surface area (TPSA) is 49.4 Å². The van der Waals surface area contributed by atoms with Gasteiger partial charge in [0.25, 0.3) is 0 Å². The fourth-order valence-electron chi connectivity index (χ4n) is 2.71. The molecule has 0 atom stereocenters. The minimum absolute atomic E-state index is 0.342. The van der Waals surface area contributed by atoms with Crippen LogP contribution in [0.2, 0.25) is 5.02 Å². The van der Waals surface area contributed by atoms with Crippen molar-refractivity contribution in [2.45, 2.75) is 38.1 Å². The number of nitrogens with one attached hydrogen (secondary N) is 1. The van der Waals surface area contributed by atoms with Crippen LogP contribution in [0.15, 0.2) is 17.0 Å². The first-order valence-electron chi connectivity index (χ1n) is 7.30. The summed E-state index contributed by atoms with van der Waals surface area (Å²) in [5.74, 6) is 0.594. The van der Waals surface area contributed by atoms with Gasteiger partial charge in [0, 0.05) is 24.7 Å². The van der Waals surface area contributed by atoms with Crippen molar-refractivity contribution < 1.29 is 8.42 Å². The molecule has 0 aromatic heterocycles. The summed E-state index contributed by atoms with van der Waals surface area (Å²) in [6, 6.07) is 3.40. The molecule has 0 amide bonds. The zero-order valence-corrected chi connectivity index (χ0v) is 14.4. The maximum atomic E-state index is 12.9. The van der Waals surface area contributed by atoms with E-state index in [1.807, 2.05) is 20.0 Å². The molecule has 4 nitrogen and oxygen atoms in total. The largest absolute Gasteiger partial charge is 0.316 e. The van der Waals surface area contributed by atoms with Gasteiger partial charge in [-0.1, -0.05) is 18.5 Å². The zero-order chi connectivity index (χ0) is 15.6. The van der Waals surface area contributed by atoms with Crippen molar-refractivity contribution in [3.8, 4) is 0 Å². The molecule has 1 saturated heterocycles. The Hall–Kier alpha value is -0.620. The molecule has 21 heavy (non-hydrogen) atoms. The highest BCUT2D eigenvalue weighted by Crippen LogP contribution is 2.29. The molecule has 0 bridgehead atoms. The Balaban J connectivity index is 2.40. The fraction of sp³-hybridized carbons (Fsp3) is 0.600. The average Bonchev–Trinajstić information content (AvgIpc) is 2.43. The minimum atomic E-state index is -3.46. The summed E-state index contributed by atoms with van der Waals surface area (Å²) in [4.78, 5) is 0.342. The lowest BCUT2D eigenvalue weighted by molar-refractivity contribution is 0.288. The minimum Gasteiger partial charge on any atom is -0.316 e. The number of hydrogen-bond acceptors (Lipinski definition) is 3. The van der Waals surface area contributed by atoms with Crippen molar-refractivity contribution in [1.29, 1.82) is 0 Å². The van der Waals surface area contributed by atoms with E-state index in [1.165, 1.54) is 0 Å². The summed E-state index contributed by atoms with van der Waals surface area (Å²) in [5, 5.41) is 3.52. The van der Waals surface area contributed by atoms with Crippen molar-refractivity contribution in [2.75, 3.05) is 20.1 Å². The van der Waals surface area contributed by atoms with E-state index >= 15 is 0 Å². The smallest absolute Gasteiger partial charge is 0.243 e. The number of nitrogens with zero attached hydrogens (tertiary/aromatic N) is 1. The van der Waals surface area contributed by atoms with Crippen molar-refractivity contribution in [3.63, 3.8) is 0 Å². The second-order valence-electron chi connectivity index (χ2n) is 5.80. The lowest BCUT2D eigenvalue weighted by Gasteiger charge is -2.30. The Labute approximate surface area is 132 Å². The molecule has 0 spiro atoms. The first kappa shape index (κ1) is 16.7. The van der Waals surface area contributed by atoms with E-state index < -0.39 is 10.0 Å². The van der Waals surface area contributed by atoms with Crippen LogP contribution < -0.4 is 5.32 Å². The normalized spacial score (nSPS) is 18.1. The molecule has 118 valence electrons. The van der Waals surface area contributed by atoms with Gasteiger partial charge in [0.05, 0.1) is 4.90 Å². The molecule has 1 fully saturated rings. The van der Waals surface area contributed by atoms with Crippen LogP contribution >= 0.6 is 11.6 Å². The summed E-state index contributed by atoms with van der Waals surface area (Å²) in [5.41, 5.74) is 1.71. The van der Waals surface area contributed by atoms with Crippen LogP contribution in [-0.2, 0) is 16.6 Å². The predicted molar refractivity (Wildman–Crippen MR) is 86.1 cm³/mol. The molecule has 1 aromatic carbocycles. The summed E-state index contributed by atoms with van der Waals surface area (Å²) >= 11 is 6.12. The van der Waals surface area contributed by atoms with Gasteiger partial charge in [-0.15, -0.1) is 0 Å². The standard InChI is InChI=1S/C15H23ClN2O2S/c1-11-4-6-18(7-5-11)21(19,20)15-9-14(16)8-13(10-17-3)12(15)2/h8-9,11,17H,4-7,10H2,1-3H3. The second kappa shape index (κ2) is 6.65. The lowest BCUT2D eigenvalue weighted by atomic mass is 10.0.